The van der Waals surface area contributed by atoms with Crippen LogP contribution < -0.4 is 5.32 Å². The summed E-state index contributed by atoms with van der Waals surface area (Å²) in [6.45, 7) is 2.91. The van der Waals surface area contributed by atoms with E-state index < -0.39 is 0 Å². The fourth-order valence-electron chi connectivity index (χ4n) is 2.05. The summed E-state index contributed by atoms with van der Waals surface area (Å²) in [6, 6.07) is 3.46. The molecule has 1 aliphatic rings. The highest BCUT2D eigenvalue weighted by Gasteiger charge is 2.27. The normalized spacial score (nSPS) is 20.9. The van der Waals surface area contributed by atoms with Crippen LogP contribution in [0.4, 0.5) is 0 Å². The van der Waals surface area contributed by atoms with Crippen molar-refractivity contribution >= 4 is 5.91 Å². The van der Waals surface area contributed by atoms with Gasteiger partial charge in [-0.2, -0.15) is 0 Å². The van der Waals surface area contributed by atoms with Crippen molar-refractivity contribution in [3.8, 4) is 0 Å². The summed E-state index contributed by atoms with van der Waals surface area (Å²) >= 11 is 0. The number of carbonyl (C=O) groups is 1. The number of hydrogen-bond donors (Lipinski definition) is 1. The van der Waals surface area contributed by atoms with Gasteiger partial charge in [0, 0.05) is 13.7 Å². The van der Waals surface area contributed by atoms with Crippen LogP contribution >= 0.6 is 0 Å². The van der Waals surface area contributed by atoms with Crippen LogP contribution in [0.2, 0.25) is 0 Å². The summed E-state index contributed by atoms with van der Waals surface area (Å²) in [6.07, 6.45) is 1.38. The standard InChI is InChI=1S/C13H19NO4/c1-9-5-6-11(18-9)10(8-16-2)14-13(15)12-4-3-7-17-12/h5-6,10,12H,3-4,7-8H2,1-2H3,(H,14,15)/t10-,12+/m1/s1. The van der Waals surface area contributed by atoms with Crippen molar-refractivity contribution in [1.29, 1.82) is 0 Å². The largest absolute Gasteiger partial charge is 0.464 e. The van der Waals surface area contributed by atoms with Gasteiger partial charge in [-0.1, -0.05) is 0 Å². The van der Waals surface area contributed by atoms with Gasteiger partial charge in [0.1, 0.15) is 23.7 Å². The van der Waals surface area contributed by atoms with E-state index in [4.69, 9.17) is 13.9 Å². The second kappa shape index (κ2) is 6.02. The average molecular weight is 253 g/mol. The Morgan fingerprint density at radius 2 is 2.44 bits per heavy atom. The number of methoxy groups -OCH3 is 1. The molecule has 2 heterocycles. The number of nitrogens with one attached hydrogen (secondary N) is 1. The van der Waals surface area contributed by atoms with Crippen molar-refractivity contribution in [2.24, 2.45) is 0 Å². The number of hydrogen-bond acceptors (Lipinski definition) is 4. The van der Waals surface area contributed by atoms with Gasteiger partial charge < -0.3 is 19.2 Å². The highest BCUT2D eigenvalue weighted by atomic mass is 16.5. The van der Waals surface area contributed by atoms with Gasteiger partial charge in [0.25, 0.3) is 0 Å². The minimum atomic E-state index is -0.333. The van der Waals surface area contributed by atoms with Gasteiger partial charge in [-0.05, 0) is 31.9 Å². The molecule has 0 saturated carbocycles. The molecule has 18 heavy (non-hydrogen) atoms. The zero-order valence-electron chi connectivity index (χ0n) is 10.8. The van der Waals surface area contributed by atoms with Crippen molar-refractivity contribution in [3.63, 3.8) is 0 Å². The zero-order chi connectivity index (χ0) is 13.0. The number of furan rings is 1. The van der Waals surface area contributed by atoms with E-state index in [-0.39, 0.29) is 18.1 Å². The van der Waals surface area contributed by atoms with Crippen molar-refractivity contribution in [2.45, 2.75) is 31.9 Å². The van der Waals surface area contributed by atoms with Crippen LogP contribution in [0.1, 0.15) is 30.4 Å². The van der Waals surface area contributed by atoms with E-state index >= 15 is 0 Å². The van der Waals surface area contributed by atoms with E-state index in [1.807, 2.05) is 19.1 Å². The molecule has 100 valence electrons. The molecule has 1 aromatic heterocycles. The number of aryl methyl sites for hydroxylation is 1. The molecule has 5 nitrogen and oxygen atoms in total. The molecule has 1 N–H and O–H groups in total. The van der Waals surface area contributed by atoms with Crippen molar-refractivity contribution in [3.05, 3.63) is 23.7 Å². The Morgan fingerprint density at radius 1 is 1.61 bits per heavy atom. The molecule has 0 unspecified atom stereocenters. The lowest BCUT2D eigenvalue weighted by Crippen LogP contribution is -2.38. The maximum atomic E-state index is 12.0. The highest BCUT2D eigenvalue weighted by Crippen LogP contribution is 2.18. The highest BCUT2D eigenvalue weighted by molar-refractivity contribution is 5.81. The molecule has 1 saturated heterocycles. The minimum absolute atomic E-state index is 0.0939. The van der Waals surface area contributed by atoms with Gasteiger partial charge >= 0.3 is 0 Å². The van der Waals surface area contributed by atoms with Gasteiger partial charge in [-0.3, -0.25) is 4.79 Å². The van der Waals surface area contributed by atoms with Crippen LogP contribution in [0.25, 0.3) is 0 Å². The molecule has 1 amide bonds. The Labute approximate surface area is 106 Å². The lowest BCUT2D eigenvalue weighted by atomic mass is 10.2. The first-order valence-corrected chi connectivity index (χ1v) is 6.18. The molecule has 2 atom stereocenters. The molecular formula is C13H19NO4. The third kappa shape index (κ3) is 3.11. The topological polar surface area (TPSA) is 60.7 Å². The van der Waals surface area contributed by atoms with E-state index in [0.717, 1.165) is 18.6 Å². The molecule has 0 bridgehead atoms. The molecule has 1 aromatic rings. The van der Waals surface area contributed by atoms with Crippen LogP contribution in [0.5, 0.6) is 0 Å². The average Bonchev–Trinajstić information content (AvgIpc) is 2.98. The van der Waals surface area contributed by atoms with E-state index in [2.05, 4.69) is 5.32 Å². The summed E-state index contributed by atoms with van der Waals surface area (Å²) < 4.78 is 16.0. The summed E-state index contributed by atoms with van der Waals surface area (Å²) in [4.78, 5) is 12.0. The Hall–Kier alpha value is -1.33. The van der Waals surface area contributed by atoms with Crippen LogP contribution in [-0.4, -0.2) is 32.3 Å². The molecule has 5 heteroatoms. The molecular weight excluding hydrogens is 234 g/mol. The lowest BCUT2D eigenvalue weighted by molar-refractivity contribution is -0.131. The van der Waals surface area contributed by atoms with Gasteiger partial charge in [0.05, 0.1) is 6.61 Å². The van der Waals surface area contributed by atoms with Gasteiger partial charge in [-0.25, -0.2) is 0 Å². The number of ether oxygens (including phenoxy) is 2. The molecule has 0 aliphatic carbocycles. The maximum Gasteiger partial charge on any atom is 0.249 e. The van der Waals surface area contributed by atoms with Crippen molar-refractivity contribution in [1.82, 2.24) is 5.32 Å². The Bertz CT molecular complexity index is 395. The fourth-order valence-corrected chi connectivity index (χ4v) is 2.05. The van der Waals surface area contributed by atoms with Crippen LogP contribution in [0.3, 0.4) is 0 Å². The van der Waals surface area contributed by atoms with Crippen LogP contribution in [0, 0.1) is 6.92 Å². The predicted octanol–water partition coefficient (Wildman–Crippen LogP) is 1.57. The number of carbonyl (C=O) groups excluding carboxylic acids is 1. The summed E-state index contributed by atoms with van der Waals surface area (Å²) in [5, 5.41) is 2.91. The summed E-state index contributed by atoms with van der Waals surface area (Å²) in [5.74, 6) is 1.43. The monoisotopic (exact) mass is 253 g/mol. The predicted molar refractivity (Wildman–Crippen MR) is 65.2 cm³/mol. The second-order valence-electron chi connectivity index (χ2n) is 4.47. The zero-order valence-corrected chi connectivity index (χ0v) is 10.8. The van der Waals surface area contributed by atoms with Crippen molar-refractivity contribution < 1.29 is 18.7 Å². The lowest BCUT2D eigenvalue weighted by Gasteiger charge is -2.18. The first kappa shape index (κ1) is 13.1. The second-order valence-corrected chi connectivity index (χ2v) is 4.47. The third-order valence-electron chi connectivity index (χ3n) is 2.98. The Morgan fingerprint density at radius 3 is 3.00 bits per heavy atom. The van der Waals surface area contributed by atoms with Crippen LogP contribution in [-0.2, 0) is 14.3 Å². The minimum Gasteiger partial charge on any atom is -0.464 e. The SMILES string of the molecule is COC[C@@H](NC(=O)[C@@H]1CCCO1)c1ccc(C)o1. The molecule has 1 aliphatic heterocycles. The first-order chi connectivity index (χ1) is 8.70. The smallest absolute Gasteiger partial charge is 0.249 e. The summed E-state index contributed by atoms with van der Waals surface area (Å²) in [7, 11) is 1.60. The molecule has 1 fully saturated rings. The van der Waals surface area contributed by atoms with Gasteiger partial charge in [-0.15, -0.1) is 0 Å². The quantitative estimate of drug-likeness (QED) is 0.865. The van der Waals surface area contributed by atoms with Crippen molar-refractivity contribution in [2.75, 3.05) is 20.3 Å². The van der Waals surface area contributed by atoms with E-state index in [1.54, 1.807) is 7.11 Å². The molecule has 0 radical (unpaired) electrons. The fraction of sp³-hybridized carbons (Fsp3) is 0.615. The third-order valence-corrected chi connectivity index (χ3v) is 2.98. The molecule has 0 aromatic carbocycles. The van der Waals surface area contributed by atoms with Gasteiger partial charge in [0.15, 0.2) is 0 Å². The van der Waals surface area contributed by atoms with E-state index in [0.29, 0.717) is 19.0 Å². The molecule has 0 spiro atoms. The number of amides is 1. The Balaban J connectivity index is 1.99. The van der Waals surface area contributed by atoms with E-state index in [1.165, 1.54) is 0 Å². The summed E-state index contributed by atoms with van der Waals surface area (Å²) in [5.41, 5.74) is 0. The maximum absolute atomic E-state index is 12.0. The Kier molecular flexibility index (Phi) is 4.38. The van der Waals surface area contributed by atoms with Crippen LogP contribution in [0.15, 0.2) is 16.5 Å². The van der Waals surface area contributed by atoms with Gasteiger partial charge in [0.2, 0.25) is 5.91 Å². The first-order valence-electron chi connectivity index (χ1n) is 6.18. The number of rotatable bonds is 5. The molecule has 2 rings (SSSR count). The van der Waals surface area contributed by atoms with E-state index in [9.17, 15) is 4.79 Å².